The molecule has 0 aliphatic rings. The Morgan fingerprint density at radius 2 is 1.53 bits per heavy atom. The molecule has 2 rings (SSSR count). The summed E-state index contributed by atoms with van der Waals surface area (Å²) in [5, 5.41) is 0. The molecule has 0 bridgehead atoms. The van der Waals surface area contributed by atoms with Gasteiger partial charge >= 0.3 is 0 Å². The van der Waals surface area contributed by atoms with Crippen LogP contribution in [-0.4, -0.2) is 0 Å². The van der Waals surface area contributed by atoms with Crippen LogP contribution >= 0.6 is 0 Å². The molecule has 0 amide bonds. The van der Waals surface area contributed by atoms with Crippen molar-refractivity contribution < 1.29 is 22.0 Å². The smallest absolute Gasteiger partial charge is 0.170 e. The molecular weight excluding hydrogens is 239 g/mol. The second-order valence-electron chi connectivity index (χ2n) is 3.27. The van der Waals surface area contributed by atoms with Crippen LogP contribution in [0.15, 0.2) is 24.3 Å². The molecule has 1 radical (unpaired) electrons. The van der Waals surface area contributed by atoms with Gasteiger partial charge in [-0.15, -0.1) is 0 Å². The van der Waals surface area contributed by atoms with Crippen LogP contribution in [0.3, 0.4) is 0 Å². The monoisotopic (exact) mass is 243 g/mol. The van der Waals surface area contributed by atoms with E-state index < -0.39 is 34.6 Å². The highest BCUT2D eigenvalue weighted by molar-refractivity contribution is 5.64. The first-order valence-electron chi connectivity index (χ1n) is 4.51. The maximum absolute atomic E-state index is 13.3. The average molecular weight is 243 g/mol. The lowest BCUT2D eigenvalue weighted by atomic mass is 10.0. The van der Waals surface area contributed by atoms with Gasteiger partial charge in [0.1, 0.15) is 5.82 Å². The van der Waals surface area contributed by atoms with Gasteiger partial charge in [-0.05, 0) is 23.8 Å². The maximum atomic E-state index is 13.3. The van der Waals surface area contributed by atoms with E-state index in [9.17, 15) is 22.0 Å². The highest BCUT2D eigenvalue weighted by atomic mass is 19.2. The summed E-state index contributed by atoms with van der Waals surface area (Å²) in [5.41, 5.74) is -1.04. The van der Waals surface area contributed by atoms with Crippen LogP contribution in [-0.2, 0) is 0 Å². The zero-order valence-corrected chi connectivity index (χ0v) is 8.20. The lowest BCUT2D eigenvalue weighted by Crippen LogP contribution is -1.95. The van der Waals surface area contributed by atoms with Crippen LogP contribution in [0.25, 0.3) is 11.1 Å². The summed E-state index contributed by atoms with van der Waals surface area (Å²) in [6, 6.07) is 4.57. The van der Waals surface area contributed by atoms with Gasteiger partial charge in [0.05, 0.1) is 5.56 Å². The minimum Gasteiger partial charge on any atom is -0.206 e. The SMILES string of the molecule is Fc1[c]cc(F)c(-c2ccc(F)c(F)c2)c1F. The minimum absolute atomic E-state index is 0.285. The van der Waals surface area contributed by atoms with Crippen molar-refractivity contribution in [3.05, 3.63) is 59.4 Å². The van der Waals surface area contributed by atoms with Crippen molar-refractivity contribution in [2.45, 2.75) is 0 Å². The van der Waals surface area contributed by atoms with Gasteiger partial charge in [-0.2, -0.15) is 0 Å². The van der Waals surface area contributed by atoms with Crippen LogP contribution < -0.4 is 0 Å². The Kier molecular flexibility index (Phi) is 2.83. The largest absolute Gasteiger partial charge is 0.206 e. The molecule has 2 aromatic rings. The van der Waals surface area contributed by atoms with E-state index in [-0.39, 0.29) is 5.56 Å². The first-order valence-corrected chi connectivity index (χ1v) is 4.51. The molecule has 0 aliphatic heterocycles. The number of benzene rings is 2. The van der Waals surface area contributed by atoms with Crippen molar-refractivity contribution in [1.29, 1.82) is 0 Å². The molecule has 2 aromatic carbocycles. The molecule has 0 nitrogen and oxygen atoms in total. The number of hydrogen-bond acceptors (Lipinski definition) is 0. The molecule has 17 heavy (non-hydrogen) atoms. The third-order valence-electron chi connectivity index (χ3n) is 2.18. The van der Waals surface area contributed by atoms with Gasteiger partial charge in [-0.3, -0.25) is 0 Å². The highest BCUT2D eigenvalue weighted by Gasteiger charge is 2.17. The van der Waals surface area contributed by atoms with Crippen molar-refractivity contribution >= 4 is 0 Å². The van der Waals surface area contributed by atoms with Gasteiger partial charge in [0.15, 0.2) is 23.3 Å². The van der Waals surface area contributed by atoms with Crippen LogP contribution in [0, 0.1) is 35.2 Å². The van der Waals surface area contributed by atoms with Gasteiger partial charge in [0.2, 0.25) is 0 Å². The zero-order valence-electron chi connectivity index (χ0n) is 8.20. The Morgan fingerprint density at radius 1 is 0.824 bits per heavy atom. The molecule has 0 N–H and O–H groups in total. The lowest BCUT2D eigenvalue weighted by molar-refractivity contribution is 0.495. The van der Waals surface area contributed by atoms with E-state index in [1.807, 2.05) is 0 Å². The molecule has 0 saturated carbocycles. The molecule has 0 saturated heterocycles. The molecule has 0 heterocycles. The number of halogens is 5. The van der Waals surface area contributed by atoms with E-state index in [1.54, 1.807) is 6.07 Å². The van der Waals surface area contributed by atoms with Crippen LogP contribution in [0.5, 0.6) is 0 Å². The third kappa shape index (κ3) is 2.00. The van der Waals surface area contributed by atoms with E-state index in [0.29, 0.717) is 18.2 Å². The van der Waals surface area contributed by atoms with E-state index in [2.05, 4.69) is 0 Å². The third-order valence-corrected chi connectivity index (χ3v) is 2.18. The van der Waals surface area contributed by atoms with Gasteiger partial charge in [-0.25, -0.2) is 22.0 Å². The quantitative estimate of drug-likeness (QED) is 0.527. The van der Waals surface area contributed by atoms with Crippen molar-refractivity contribution in [3.63, 3.8) is 0 Å². The van der Waals surface area contributed by atoms with Crippen molar-refractivity contribution in [2.75, 3.05) is 0 Å². The summed E-state index contributed by atoms with van der Waals surface area (Å²) in [4.78, 5) is 0. The fourth-order valence-electron chi connectivity index (χ4n) is 1.39. The fourth-order valence-corrected chi connectivity index (χ4v) is 1.39. The second-order valence-corrected chi connectivity index (χ2v) is 3.27. The highest BCUT2D eigenvalue weighted by Crippen LogP contribution is 2.28. The minimum atomic E-state index is -1.49. The predicted molar refractivity (Wildman–Crippen MR) is 50.5 cm³/mol. The molecule has 0 fully saturated rings. The van der Waals surface area contributed by atoms with Crippen LogP contribution in [0.1, 0.15) is 0 Å². The van der Waals surface area contributed by atoms with Crippen molar-refractivity contribution in [2.24, 2.45) is 0 Å². The van der Waals surface area contributed by atoms with Gasteiger partial charge < -0.3 is 0 Å². The number of hydrogen-bond donors (Lipinski definition) is 0. The Hall–Kier alpha value is -1.91. The molecule has 0 atom stereocenters. The van der Waals surface area contributed by atoms with Gasteiger partial charge in [0, 0.05) is 6.07 Å². The lowest BCUT2D eigenvalue weighted by Gasteiger charge is -2.06. The van der Waals surface area contributed by atoms with E-state index >= 15 is 0 Å². The Bertz CT molecular complexity index is 577. The Morgan fingerprint density at radius 3 is 2.18 bits per heavy atom. The van der Waals surface area contributed by atoms with Gasteiger partial charge in [0.25, 0.3) is 0 Å². The molecule has 0 spiro atoms. The molecule has 0 unspecified atom stereocenters. The topological polar surface area (TPSA) is 0 Å². The summed E-state index contributed by atoms with van der Waals surface area (Å²) in [6.45, 7) is 0. The van der Waals surface area contributed by atoms with E-state index in [4.69, 9.17) is 0 Å². The van der Waals surface area contributed by atoms with Gasteiger partial charge in [-0.1, -0.05) is 6.07 Å². The summed E-state index contributed by atoms with van der Waals surface area (Å²) >= 11 is 0. The average Bonchev–Trinajstić information content (AvgIpc) is 2.29. The van der Waals surface area contributed by atoms with E-state index in [0.717, 1.165) is 6.07 Å². The van der Waals surface area contributed by atoms with E-state index in [1.165, 1.54) is 0 Å². The van der Waals surface area contributed by atoms with Crippen molar-refractivity contribution in [1.82, 2.24) is 0 Å². The van der Waals surface area contributed by atoms with Crippen LogP contribution in [0.4, 0.5) is 22.0 Å². The summed E-state index contributed by atoms with van der Waals surface area (Å²) in [6.07, 6.45) is 0. The van der Waals surface area contributed by atoms with Crippen LogP contribution in [0.2, 0.25) is 0 Å². The standard InChI is InChI=1S/C12H4F5/c13-7-2-1-6(5-10(7)16)11-8(14)3-4-9(15)12(11)17/h1-3,5H. The first-order chi connectivity index (χ1) is 8.00. The molecule has 5 heteroatoms. The molecule has 0 aliphatic carbocycles. The predicted octanol–water partition coefficient (Wildman–Crippen LogP) is 3.85. The zero-order chi connectivity index (χ0) is 12.6. The Balaban J connectivity index is 2.68. The second kappa shape index (κ2) is 4.16. The fraction of sp³-hybridized carbons (Fsp3) is 0. The Labute approximate surface area is 93.3 Å². The molecular formula is C12H4F5. The summed E-state index contributed by atoms with van der Waals surface area (Å²) in [7, 11) is 0. The molecule has 0 aromatic heterocycles. The first kappa shape index (κ1) is 11.6. The normalized spacial score (nSPS) is 10.6. The van der Waals surface area contributed by atoms with Crippen molar-refractivity contribution in [3.8, 4) is 11.1 Å². The maximum Gasteiger partial charge on any atom is 0.170 e. The molecule has 87 valence electrons. The summed E-state index contributed by atoms with van der Waals surface area (Å²) in [5.74, 6) is -6.40. The summed E-state index contributed by atoms with van der Waals surface area (Å²) < 4.78 is 65.0. The number of rotatable bonds is 1.